The summed E-state index contributed by atoms with van der Waals surface area (Å²) in [4.78, 5) is 14.1. The summed E-state index contributed by atoms with van der Waals surface area (Å²) >= 11 is 0. The van der Waals surface area contributed by atoms with Gasteiger partial charge in [0.15, 0.2) is 0 Å². The Labute approximate surface area is 113 Å². The van der Waals surface area contributed by atoms with Crippen LogP contribution in [0.15, 0.2) is 0 Å². The molecule has 1 aromatic heterocycles. The molecule has 0 aliphatic carbocycles. The van der Waals surface area contributed by atoms with E-state index in [1.807, 2.05) is 25.6 Å². The van der Waals surface area contributed by atoms with Crippen molar-refractivity contribution in [3.63, 3.8) is 0 Å². The zero-order chi connectivity index (χ0) is 14.2. The number of carbonyl (C=O) groups is 1. The van der Waals surface area contributed by atoms with Gasteiger partial charge in [0.05, 0.1) is 16.8 Å². The number of amides is 1. The molecule has 1 saturated heterocycles. The Bertz CT molecular complexity index is 495. The number of nitrogens with two attached hydrogens (primary N) is 1. The molecule has 0 spiro atoms. The molecule has 1 unspecified atom stereocenters. The Morgan fingerprint density at radius 2 is 2.26 bits per heavy atom. The van der Waals surface area contributed by atoms with E-state index >= 15 is 0 Å². The van der Waals surface area contributed by atoms with Gasteiger partial charge in [-0.15, -0.1) is 0 Å². The minimum atomic E-state index is -0.349. The normalized spacial score (nSPS) is 22.8. The maximum atomic E-state index is 12.0. The SMILES string of the molecule is CCc1nn(C)c(N2CCC(C)(C(=O)NC)C2)c1N. The van der Waals surface area contributed by atoms with Crippen LogP contribution in [0.1, 0.15) is 26.0 Å². The topological polar surface area (TPSA) is 76.2 Å². The molecular formula is C13H23N5O. The summed E-state index contributed by atoms with van der Waals surface area (Å²) in [5.74, 6) is 1.02. The summed E-state index contributed by atoms with van der Waals surface area (Å²) in [6, 6.07) is 0. The average Bonchev–Trinajstić information content (AvgIpc) is 2.90. The highest BCUT2D eigenvalue weighted by Crippen LogP contribution is 2.36. The summed E-state index contributed by atoms with van der Waals surface area (Å²) in [5, 5.41) is 7.18. The first-order chi connectivity index (χ1) is 8.92. The summed E-state index contributed by atoms with van der Waals surface area (Å²) in [7, 11) is 3.59. The van der Waals surface area contributed by atoms with E-state index in [1.54, 1.807) is 7.05 Å². The van der Waals surface area contributed by atoms with Gasteiger partial charge in [-0.25, -0.2) is 0 Å². The van der Waals surface area contributed by atoms with Crippen molar-refractivity contribution in [2.45, 2.75) is 26.7 Å². The summed E-state index contributed by atoms with van der Waals surface area (Å²) in [6.45, 7) is 5.55. The lowest BCUT2D eigenvalue weighted by Gasteiger charge is -2.24. The third-order valence-electron chi connectivity index (χ3n) is 4.01. The van der Waals surface area contributed by atoms with Crippen LogP contribution >= 0.6 is 0 Å². The van der Waals surface area contributed by atoms with E-state index in [2.05, 4.69) is 15.3 Å². The summed E-state index contributed by atoms with van der Waals surface area (Å²) in [5.41, 5.74) is 7.48. The van der Waals surface area contributed by atoms with Crippen molar-refractivity contribution < 1.29 is 4.79 Å². The molecule has 19 heavy (non-hydrogen) atoms. The average molecular weight is 265 g/mol. The van der Waals surface area contributed by atoms with Gasteiger partial charge in [0.1, 0.15) is 5.82 Å². The van der Waals surface area contributed by atoms with Gasteiger partial charge in [-0.05, 0) is 19.8 Å². The van der Waals surface area contributed by atoms with E-state index in [-0.39, 0.29) is 11.3 Å². The van der Waals surface area contributed by atoms with Crippen molar-refractivity contribution in [1.82, 2.24) is 15.1 Å². The van der Waals surface area contributed by atoms with Crippen LogP contribution in [0.5, 0.6) is 0 Å². The molecule has 1 atom stereocenters. The van der Waals surface area contributed by atoms with E-state index in [9.17, 15) is 4.79 Å². The van der Waals surface area contributed by atoms with Crippen molar-refractivity contribution in [3.05, 3.63) is 5.69 Å². The lowest BCUT2D eigenvalue weighted by atomic mass is 9.89. The van der Waals surface area contributed by atoms with Crippen LogP contribution in [0.25, 0.3) is 0 Å². The zero-order valence-corrected chi connectivity index (χ0v) is 12.2. The van der Waals surface area contributed by atoms with Crippen molar-refractivity contribution in [1.29, 1.82) is 0 Å². The highest BCUT2D eigenvalue weighted by Gasteiger charge is 2.41. The monoisotopic (exact) mass is 265 g/mol. The zero-order valence-electron chi connectivity index (χ0n) is 12.2. The van der Waals surface area contributed by atoms with Gasteiger partial charge in [-0.1, -0.05) is 6.92 Å². The fourth-order valence-electron chi connectivity index (χ4n) is 2.85. The Balaban J connectivity index is 2.26. The van der Waals surface area contributed by atoms with E-state index in [0.717, 1.165) is 36.6 Å². The number of nitrogens with one attached hydrogen (secondary N) is 1. The number of rotatable bonds is 3. The maximum absolute atomic E-state index is 12.0. The first kappa shape index (κ1) is 13.7. The first-order valence-corrected chi connectivity index (χ1v) is 6.71. The highest BCUT2D eigenvalue weighted by molar-refractivity contribution is 5.84. The highest BCUT2D eigenvalue weighted by atomic mass is 16.2. The van der Waals surface area contributed by atoms with Crippen LogP contribution < -0.4 is 16.0 Å². The van der Waals surface area contributed by atoms with Crippen molar-refractivity contribution in [2.75, 3.05) is 30.8 Å². The second-order valence-electron chi connectivity index (χ2n) is 5.47. The van der Waals surface area contributed by atoms with Gasteiger partial charge >= 0.3 is 0 Å². The third kappa shape index (κ3) is 2.15. The molecule has 6 nitrogen and oxygen atoms in total. The van der Waals surface area contributed by atoms with Crippen LogP contribution in [0, 0.1) is 5.41 Å². The molecular weight excluding hydrogens is 242 g/mol. The van der Waals surface area contributed by atoms with E-state index in [4.69, 9.17) is 5.73 Å². The number of carbonyl (C=O) groups excluding carboxylic acids is 1. The Kier molecular flexibility index (Phi) is 3.43. The standard InChI is InChI=1S/C13H23N5O/c1-5-9-10(14)11(17(4)16-9)18-7-6-13(2,8-18)12(19)15-3/h5-8,14H2,1-4H3,(H,15,19). The molecule has 3 N–H and O–H groups in total. The van der Waals surface area contributed by atoms with Crippen molar-refractivity contribution in [2.24, 2.45) is 12.5 Å². The molecule has 0 bridgehead atoms. The van der Waals surface area contributed by atoms with Gasteiger partial charge in [0, 0.05) is 27.2 Å². The maximum Gasteiger partial charge on any atom is 0.227 e. The minimum absolute atomic E-state index is 0.0893. The van der Waals surface area contributed by atoms with Gasteiger partial charge in [0.25, 0.3) is 0 Å². The van der Waals surface area contributed by atoms with Crippen LogP contribution in [0.4, 0.5) is 11.5 Å². The van der Waals surface area contributed by atoms with Crippen LogP contribution in [0.3, 0.4) is 0 Å². The molecule has 0 saturated carbocycles. The van der Waals surface area contributed by atoms with Crippen LogP contribution in [-0.2, 0) is 18.3 Å². The molecule has 1 aliphatic heterocycles. The molecule has 2 heterocycles. The molecule has 1 amide bonds. The summed E-state index contributed by atoms with van der Waals surface area (Å²) < 4.78 is 1.82. The molecule has 1 fully saturated rings. The lowest BCUT2D eigenvalue weighted by molar-refractivity contribution is -0.128. The number of hydrogen-bond donors (Lipinski definition) is 2. The Hall–Kier alpha value is -1.72. The molecule has 106 valence electrons. The van der Waals surface area contributed by atoms with Gasteiger partial charge < -0.3 is 16.0 Å². The molecule has 0 radical (unpaired) electrons. The van der Waals surface area contributed by atoms with Crippen LogP contribution in [0.2, 0.25) is 0 Å². The second kappa shape index (κ2) is 4.75. The number of aryl methyl sites for hydroxylation is 2. The predicted octanol–water partition coefficient (Wildman–Crippen LogP) is 0.527. The van der Waals surface area contributed by atoms with Gasteiger partial charge in [-0.3, -0.25) is 9.48 Å². The smallest absolute Gasteiger partial charge is 0.227 e. The molecule has 0 aromatic carbocycles. The van der Waals surface area contributed by atoms with Gasteiger partial charge in [0.2, 0.25) is 5.91 Å². The van der Waals surface area contributed by atoms with E-state index < -0.39 is 0 Å². The first-order valence-electron chi connectivity index (χ1n) is 6.71. The number of aromatic nitrogens is 2. The molecule has 1 aromatic rings. The molecule has 1 aliphatic rings. The number of hydrogen-bond acceptors (Lipinski definition) is 4. The Morgan fingerprint density at radius 3 is 2.79 bits per heavy atom. The van der Waals surface area contributed by atoms with E-state index in [1.165, 1.54) is 0 Å². The summed E-state index contributed by atoms with van der Waals surface area (Å²) in [6.07, 6.45) is 1.65. The van der Waals surface area contributed by atoms with E-state index in [0.29, 0.717) is 6.54 Å². The van der Waals surface area contributed by atoms with Gasteiger partial charge in [-0.2, -0.15) is 5.10 Å². The number of nitrogens with zero attached hydrogens (tertiary/aromatic N) is 3. The largest absolute Gasteiger partial charge is 0.394 e. The fourth-order valence-corrected chi connectivity index (χ4v) is 2.85. The van der Waals surface area contributed by atoms with Crippen molar-refractivity contribution >= 4 is 17.4 Å². The van der Waals surface area contributed by atoms with Crippen molar-refractivity contribution in [3.8, 4) is 0 Å². The quantitative estimate of drug-likeness (QED) is 0.835. The number of anilines is 2. The fraction of sp³-hybridized carbons (Fsp3) is 0.692. The number of nitrogen functional groups attached to an aromatic ring is 1. The molecule has 2 rings (SSSR count). The second-order valence-corrected chi connectivity index (χ2v) is 5.47. The Morgan fingerprint density at radius 1 is 1.58 bits per heavy atom. The van der Waals surface area contributed by atoms with Crippen LogP contribution in [-0.4, -0.2) is 35.8 Å². The lowest BCUT2D eigenvalue weighted by Crippen LogP contribution is -2.39. The predicted molar refractivity (Wildman–Crippen MR) is 76.0 cm³/mol. The minimum Gasteiger partial charge on any atom is -0.394 e. The third-order valence-corrected chi connectivity index (χ3v) is 4.01. The molecule has 6 heteroatoms.